The topological polar surface area (TPSA) is 92.5 Å². The first kappa shape index (κ1) is 18.4. The summed E-state index contributed by atoms with van der Waals surface area (Å²) in [7, 11) is -3.59. The average Bonchev–Trinajstić information content (AvgIpc) is 3.28. The van der Waals surface area contributed by atoms with E-state index in [2.05, 4.69) is 5.32 Å². The standard InChI is InChI=1S/C18H27N3O3S2/c19-14-10-12-4-1-5-13(11-14)17(12)20-18(22)15-6-2-8-21(15)26(23,24)16-7-3-9-25-16/h3,7,9,12-15,17H,1-2,4-6,8,10-11,19H2,(H,20,22). The summed E-state index contributed by atoms with van der Waals surface area (Å²) in [5.41, 5.74) is 6.17. The largest absolute Gasteiger partial charge is 0.351 e. The van der Waals surface area contributed by atoms with Crippen molar-refractivity contribution in [2.75, 3.05) is 6.54 Å². The number of sulfonamides is 1. The molecule has 3 fully saturated rings. The Labute approximate surface area is 159 Å². The number of nitrogens with two attached hydrogens (primary N) is 1. The Kier molecular flexibility index (Phi) is 5.11. The van der Waals surface area contributed by atoms with Gasteiger partial charge in [0.15, 0.2) is 0 Å². The maximum absolute atomic E-state index is 13.0. The molecule has 3 N–H and O–H groups in total. The molecule has 1 aliphatic heterocycles. The number of nitrogens with one attached hydrogen (secondary N) is 1. The first-order chi connectivity index (χ1) is 12.5. The van der Waals surface area contributed by atoms with Crippen LogP contribution in [-0.2, 0) is 14.8 Å². The average molecular weight is 398 g/mol. The van der Waals surface area contributed by atoms with Gasteiger partial charge in [-0.15, -0.1) is 11.3 Å². The molecular formula is C18H27N3O3S2. The van der Waals surface area contributed by atoms with E-state index in [9.17, 15) is 13.2 Å². The van der Waals surface area contributed by atoms with Crippen molar-refractivity contribution in [3.63, 3.8) is 0 Å². The predicted octanol–water partition coefficient (Wildman–Crippen LogP) is 1.92. The number of carbonyl (C=O) groups excluding carboxylic acids is 1. The van der Waals surface area contributed by atoms with E-state index in [1.54, 1.807) is 17.5 Å². The number of amides is 1. The van der Waals surface area contributed by atoms with E-state index in [-0.39, 0.29) is 18.0 Å². The minimum atomic E-state index is -3.59. The van der Waals surface area contributed by atoms with Crippen molar-refractivity contribution in [1.82, 2.24) is 9.62 Å². The Morgan fingerprint density at radius 2 is 1.92 bits per heavy atom. The maximum Gasteiger partial charge on any atom is 0.253 e. The lowest BCUT2D eigenvalue weighted by atomic mass is 9.67. The van der Waals surface area contributed by atoms with Crippen molar-refractivity contribution in [3.05, 3.63) is 17.5 Å². The Morgan fingerprint density at radius 1 is 1.19 bits per heavy atom. The normalized spacial score (nSPS) is 35.3. The van der Waals surface area contributed by atoms with Crippen molar-refractivity contribution in [2.45, 2.75) is 67.3 Å². The molecule has 2 aliphatic carbocycles. The maximum atomic E-state index is 13.0. The molecule has 4 rings (SSSR count). The summed E-state index contributed by atoms with van der Waals surface area (Å²) in [4.78, 5) is 13.0. The van der Waals surface area contributed by atoms with Crippen LogP contribution in [0.15, 0.2) is 21.7 Å². The van der Waals surface area contributed by atoms with Crippen LogP contribution in [0.2, 0.25) is 0 Å². The lowest BCUT2D eigenvalue weighted by Gasteiger charge is -2.45. The fraction of sp³-hybridized carbons (Fsp3) is 0.722. The van der Waals surface area contributed by atoms with Crippen molar-refractivity contribution in [1.29, 1.82) is 0 Å². The van der Waals surface area contributed by atoms with Gasteiger partial charge in [-0.2, -0.15) is 4.31 Å². The van der Waals surface area contributed by atoms with Gasteiger partial charge in [-0.05, 0) is 61.8 Å². The first-order valence-corrected chi connectivity index (χ1v) is 11.9. The minimum absolute atomic E-state index is 0.125. The monoisotopic (exact) mass is 397 g/mol. The molecule has 0 radical (unpaired) electrons. The fourth-order valence-corrected chi connectivity index (χ4v) is 7.88. The highest BCUT2D eigenvalue weighted by molar-refractivity contribution is 7.91. The van der Waals surface area contributed by atoms with Crippen LogP contribution in [0.25, 0.3) is 0 Å². The van der Waals surface area contributed by atoms with Crippen molar-refractivity contribution in [2.24, 2.45) is 17.6 Å². The van der Waals surface area contributed by atoms with Gasteiger partial charge >= 0.3 is 0 Å². The number of thiophene rings is 1. The molecule has 8 heteroatoms. The number of nitrogens with zero attached hydrogens (tertiary/aromatic N) is 1. The van der Waals surface area contributed by atoms with Gasteiger partial charge in [-0.1, -0.05) is 12.5 Å². The summed E-state index contributed by atoms with van der Waals surface area (Å²) in [5.74, 6) is 0.746. The Balaban J connectivity index is 1.49. The summed E-state index contributed by atoms with van der Waals surface area (Å²) in [5, 5.41) is 4.99. The third-order valence-corrected chi connectivity index (χ3v) is 9.53. The molecule has 3 aliphatic rings. The molecule has 1 saturated heterocycles. The summed E-state index contributed by atoms with van der Waals surface area (Å²) < 4.78 is 27.5. The second kappa shape index (κ2) is 7.22. The van der Waals surface area contributed by atoms with Gasteiger partial charge in [0.2, 0.25) is 5.91 Å². The van der Waals surface area contributed by atoms with Crippen LogP contribution in [-0.4, -0.2) is 43.3 Å². The number of hydrogen-bond acceptors (Lipinski definition) is 5. The summed E-state index contributed by atoms with van der Waals surface area (Å²) in [6, 6.07) is 3.15. The molecule has 1 aromatic heterocycles. The van der Waals surface area contributed by atoms with Crippen molar-refractivity contribution >= 4 is 27.3 Å². The van der Waals surface area contributed by atoms with Crippen LogP contribution < -0.4 is 11.1 Å². The molecule has 1 amide bonds. The van der Waals surface area contributed by atoms with Gasteiger partial charge < -0.3 is 11.1 Å². The molecule has 6 nitrogen and oxygen atoms in total. The van der Waals surface area contributed by atoms with E-state index in [4.69, 9.17) is 5.73 Å². The van der Waals surface area contributed by atoms with Crippen LogP contribution >= 0.6 is 11.3 Å². The second-order valence-electron chi connectivity index (χ2n) is 7.92. The molecule has 2 saturated carbocycles. The van der Waals surface area contributed by atoms with Crippen molar-refractivity contribution in [3.8, 4) is 0 Å². The highest BCUT2D eigenvalue weighted by Gasteiger charge is 2.44. The second-order valence-corrected chi connectivity index (χ2v) is 11.0. The molecule has 3 unspecified atom stereocenters. The van der Waals surface area contributed by atoms with E-state index in [0.717, 1.165) is 32.1 Å². The van der Waals surface area contributed by atoms with Gasteiger partial charge in [0.1, 0.15) is 10.3 Å². The fourth-order valence-electron chi connectivity index (χ4n) is 5.10. The van der Waals surface area contributed by atoms with Gasteiger partial charge in [0, 0.05) is 18.6 Å². The lowest BCUT2D eigenvalue weighted by molar-refractivity contribution is -0.126. The Hall–Kier alpha value is -0.960. The zero-order valence-electron chi connectivity index (χ0n) is 14.8. The molecule has 144 valence electrons. The molecule has 26 heavy (non-hydrogen) atoms. The van der Waals surface area contributed by atoms with Gasteiger partial charge in [-0.25, -0.2) is 8.42 Å². The zero-order chi connectivity index (χ0) is 18.3. The molecule has 0 spiro atoms. The third kappa shape index (κ3) is 3.32. The molecule has 0 aromatic carbocycles. The smallest absolute Gasteiger partial charge is 0.253 e. The zero-order valence-corrected chi connectivity index (χ0v) is 16.5. The van der Waals surface area contributed by atoms with Crippen LogP contribution in [0.4, 0.5) is 0 Å². The highest BCUT2D eigenvalue weighted by Crippen LogP contribution is 2.40. The Bertz CT molecular complexity index is 736. The van der Waals surface area contributed by atoms with Crippen LogP contribution in [0, 0.1) is 11.8 Å². The molecule has 3 atom stereocenters. The molecule has 2 bridgehead atoms. The van der Waals surface area contributed by atoms with Gasteiger partial charge in [0.05, 0.1) is 0 Å². The quantitative estimate of drug-likeness (QED) is 0.812. The van der Waals surface area contributed by atoms with Gasteiger partial charge in [-0.3, -0.25) is 4.79 Å². The summed E-state index contributed by atoms with van der Waals surface area (Å²) >= 11 is 1.20. The summed E-state index contributed by atoms with van der Waals surface area (Å²) in [6.45, 7) is 0.417. The third-order valence-electron chi connectivity index (χ3n) is 6.25. The first-order valence-electron chi connectivity index (χ1n) is 9.58. The highest BCUT2D eigenvalue weighted by atomic mass is 32.2. The summed E-state index contributed by atoms with van der Waals surface area (Å²) in [6.07, 6.45) is 6.67. The van der Waals surface area contributed by atoms with E-state index < -0.39 is 16.1 Å². The van der Waals surface area contributed by atoms with Crippen LogP contribution in [0.5, 0.6) is 0 Å². The molecule has 1 aromatic rings. The molecule has 2 heterocycles. The lowest BCUT2D eigenvalue weighted by Crippen LogP contribution is -2.57. The van der Waals surface area contributed by atoms with E-state index in [1.807, 2.05) is 0 Å². The Morgan fingerprint density at radius 3 is 2.58 bits per heavy atom. The van der Waals surface area contributed by atoms with Crippen LogP contribution in [0.1, 0.15) is 44.9 Å². The number of fused-ring (bicyclic) bond motifs is 2. The predicted molar refractivity (Wildman–Crippen MR) is 101 cm³/mol. The van der Waals surface area contributed by atoms with E-state index in [1.165, 1.54) is 22.1 Å². The van der Waals surface area contributed by atoms with Gasteiger partial charge in [0.25, 0.3) is 10.0 Å². The number of carbonyl (C=O) groups is 1. The number of hydrogen-bond donors (Lipinski definition) is 2. The van der Waals surface area contributed by atoms with Crippen molar-refractivity contribution < 1.29 is 13.2 Å². The number of rotatable bonds is 4. The van der Waals surface area contributed by atoms with Crippen LogP contribution in [0.3, 0.4) is 0 Å². The molecular weight excluding hydrogens is 370 g/mol. The van der Waals surface area contributed by atoms with E-state index >= 15 is 0 Å². The SMILES string of the molecule is NC1CC2CCCC(C1)C2NC(=O)C1CCCN1S(=O)(=O)c1cccs1. The minimum Gasteiger partial charge on any atom is -0.351 e. The van der Waals surface area contributed by atoms with E-state index in [0.29, 0.717) is 29.0 Å².